The van der Waals surface area contributed by atoms with Crippen molar-refractivity contribution in [3.8, 4) is 5.75 Å². The normalized spacial score (nSPS) is 11.5. The van der Waals surface area contributed by atoms with Gasteiger partial charge >= 0.3 is 5.97 Å². The van der Waals surface area contributed by atoms with Crippen molar-refractivity contribution >= 4 is 15.8 Å². The van der Waals surface area contributed by atoms with E-state index in [4.69, 9.17) is 9.84 Å². The molecule has 0 aliphatic rings. The molecule has 1 N–H and O–H groups in total. The predicted molar refractivity (Wildman–Crippen MR) is 128 cm³/mol. The van der Waals surface area contributed by atoms with Gasteiger partial charge in [0.05, 0.1) is 10.6 Å². The zero-order valence-corrected chi connectivity index (χ0v) is 19.5. The molecule has 0 saturated heterocycles. The molecule has 174 valence electrons. The lowest BCUT2D eigenvalue weighted by Gasteiger charge is -2.17. The molecule has 0 bridgehead atoms. The molecule has 0 fully saturated rings. The summed E-state index contributed by atoms with van der Waals surface area (Å²) in [5, 5.41) is 8.76. The van der Waals surface area contributed by atoms with Crippen LogP contribution in [0.2, 0.25) is 0 Å². The first kappa shape index (κ1) is 24.5. The highest BCUT2D eigenvalue weighted by molar-refractivity contribution is 7.91. The minimum atomic E-state index is -3.28. The van der Waals surface area contributed by atoms with E-state index in [1.54, 1.807) is 30.3 Å². The van der Waals surface area contributed by atoms with E-state index in [0.29, 0.717) is 31.0 Å². The van der Waals surface area contributed by atoms with Crippen LogP contribution in [0.5, 0.6) is 5.75 Å². The third kappa shape index (κ3) is 8.04. The standard InChI is InChI=1S/C26H29NO5S/c1-27(17-18-33(30,31)25-5-3-2-4-6-25)19-22-7-9-23(10-8-22)20-32-24-14-11-21(12-15-24)13-16-26(28)29/h2-12,14-15H,13,16-20H2,1H3,(H,28,29). The van der Waals surface area contributed by atoms with E-state index in [1.807, 2.05) is 60.5 Å². The van der Waals surface area contributed by atoms with E-state index < -0.39 is 15.8 Å². The van der Waals surface area contributed by atoms with Gasteiger partial charge in [0.15, 0.2) is 9.84 Å². The van der Waals surface area contributed by atoms with Crippen LogP contribution in [0.15, 0.2) is 83.8 Å². The highest BCUT2D eigenvalue weighted by atomic mass is 32.2. The fourth-order valence-electron chi connectivity index (χ4n) is 3.32. The van der Waals surface area contributed by atoms with Gasteiger partial charge in [-0.3, -0.25) is 4.79 Å². The Morgan fingerprint density at radius 1 is 0.879 bits per heavy atom. The molecule has 0 spiro atoms. The van der Waals surface area contributed by atoms with Crippen LogP contribution in [0, 0.1) is 0 Å². The van der Waals surface area contributed by atoms with Gasteiger partial charge in [-0.1, -0.05) is 54.6 Å². The van der Waals surface area contributed by atoms with Crippen LogP contribution in [0.1, 0.15) is 23.1 Å². The van der Waals surface area contributed by atoms with Crippen molar-refractivity contribution in [3.63, 3.8) is 0 Å². The number of aryl methyl sites for hydroxylation is 1. The van der Waals surface area contributed by atoms with Crippen LogP contribution in [0.3, 0.4) is 0 Å². The Bertz CT molecular complexity index is 1130. The maximum Gasteiger partial charge on any atom is 0.303 e. The summed E-state index contributed by atoms with van der Waals surface area (Å²) in [7, 11) is -1.37. The Balaban J connectivity index is 1.44. The topological polar surface area (TPSA) is 83.9 Å². The maximum absolute atomic E-state index is 12.4. The summed E-state index contributed by atoms with van der Waals surface area (Å²) in [6.45, 7) is 1.54. The third-order valence-electron chi connectivity index (χ3n) is 5.28. The number of benzene rings is 3. The van der Waals surface area contributed by atoms with Gasteiger partial charge in [-0.25, -0.2) is 8.42 Å². The summed E-state index contributed by atoms with van der Waals surface area (Å²) >= 11 is 0. The summed E-state index contributed by atoms with van der Waals surface area (Å²) in [6, 6.07) is 24.1. The number of carboxylic acid groups (broad SMARTS) is 1. The van der Waals surface area contributed by atoms with E-state index in [2.05, 4.69) is 0 Å². The van der Waals surface area contributed by atoms with Crippen molar-refractivity contribution in [2.75, 3.05) is 19.3 Å². The highest BCUT2D eigenvalue weighted by Crippen LogP contribution is 2.16. The van der Waals surface area contributed by atoms with E-state index in [1.165, 1.54) is 0 Å². The van der Waals surface area contributed by atoms with Gasteiger partial charge in [-0.15, -0.1) is 0 Å². The molecule has 0 saturated carbocycles. The summed E-state index contributed by atoms with van der Waals surface area (Å²) < 4.78 is 30.7. The first-order valence-electron chi connectivity index (χ1n) is 10.8. The van der Waals surface area contributed by atoms with Gasteiger partial charge in [0.1, 0.15) is 12.4 Å². The molecule has 3 aromatic carbocycles. The molecule has 0 unspecified atom stereocenters. The molecule has 0 aliphatic carbocycles. The molecule has 0 radical (unpaired) electrons. The monoisotopic (exact) mass is 467 g/mol. The van der Waals surface area contributed by atoms with E-state index >= 15 is 0 Å². The van der Waals surface area contributed by atoms with Crippen molar-refractivity contribution in [1.82, 2.24) is 4.90 Å². The average Bonchev–Trinajstić information content (AvgIpc) is 2.82. The fraction of sp³-hybridized carbons (Fsp3) is 0.269. The third-order valence-corrected chi connectivity index (χ3v) is 6.99. The molecule has 0 atom stereocenters. The Kier molecular flexibility index (Phi) is 8.63. The zero-order valence-electron chi connectivity index (χ0n) is 18.7. The summed E-state index contributed by atoms with van der Waals surface area (Å²) in [4.78, 5) is 13.0. The molecule has 33 heavy (non-hydrogen) atoms. The molecule has 0 heterocycles. The summed E-state index contributed by atoms with van der Waals surface area (Å²) in [6.07, 6.45) is 0.619. The van der Waals surface area contributed by atoms with Crippen molar-refractivity contribution in [3.05, 3.63) is 95.6 Å². The Morgan fingerprint density at radius 3 is 2.12 bits per heavy atom. The van der Waals surface area contributed by atoms with E-state index in [9.17, 15) is 13.2 Å². The van der Waals surface area contributed by atoms with Crippen molar-refractivity contribution < 1.29 is 23.1 Å². The van der Waals surface area contributed by atoms with Crippen LogP contribution < -0.4 is 4.74 Å². The maximum atomic E-state index is 12.4. The summed E-state index contributed by atoms with van der Waals surface area (Å²) in [5.74, 6) is 0.00818. The molecule has 0 amide bonds. The number of hydrogen-bond acceptors (Lipinski definition) is 5. The minimum Gasteiger partial charge on any atom is -0.489 e. The van der Waals surface area contributed by atoms with Crippen LogP contribution in [0.25, 0.3) is 0 Å². The van der Waals surface area contributed by atoms with Crippen molar-refractivity contribution in [2.24, 2.45) is 0 Å². The molecule has 0 aromatic heterocycles. The van der Waals surface area contributed by atoms with E-state index in [-0.39, 0.29) is 12.2 Å². The van der Waals surface area contributed by atoms with Gasteiger partial charge < -0.3 is 14.7 Å². The van der Waals surface area contributed by atoms with Gasteiger partial charge in [0, 0.05) is 19.5 Å². The van der Waals surface area contributed by atoms with Crippen molar-refractivity contribution in [1.29, 1.82) is 0 Å². The Labute approximate surface area is 195 Å². The highest BCUT2D eigenvalue weighted by Gasteiger charge is 2.15. The molecule has 3 aromatic rings. The lowest BCUT2D eigenvalue weighted by molar-refractivity contribution is -0.136. The second kappa shape index (κ2) is 11.6. The number of carbonyl (C=O) groups is 1. The van der Waals surface area contributed by atoms with Gasteiger partial charge in [-0.05, 0) is 54.4 Å². The number of nitrogens with zero attached hydrogens (tertiary/aromatic N) is 1. The predicted octanol–water partition coefficient (Wildman–Crippen LogP) is 4.19. The first-order chi connectivity index (χ1) is 15.8. The number of hydrogen-bond donors (Lipinski definition) is 1. The molecule has 6 nitrogen and oxygen atoms in total. The average molecular weight is 468 g/mol. The van der Waals surface area contributed by atoms with Crippen LogP contribution in [-0.4, -0.2) is 43.7 Å². The lowest BCUT2D eigenvalue weighted by atomic mass is 10.1. The number of rotatable bonds is 12. The molecule has 0 aliphatic heterocycles. The fourth-order valence-corrected chi connectivity index (χ4v) is 4.68. The second-order valence-corrected chi connectivity index (χ2v) is 10.1. The number of ether oxygens (including phenoxy) is 1. The second-order valence-electron chi connectivity index (χ2n) is 8.01. The quantitative estimate of drug-likeness (QED) is 0.430. The van der Waals surface area contributed by atoms with Gasteiger partial charge in [0.2, 0.25) is 0 Å². The Hall–Kier alpha value is -3.16. The Morgan fingerprint density at radius 2 is 1.48 bits per heavy atom. The largest absolute Gasteiger partial charge is 0.489 e. The molecule has 7 heteroatoms. The van der Waals surface area contributed by atoms with Gasteiger partial charge in [-0.2, -0.15) is 0 Å². The number of sulfone groups is 1. The van der Waals surface area contributed by atoms with Gasteiger partial charge in [0.25, 0.3) is 0 Å². The summed E-state index contributed by atoms with van der Waals surface area (Å²) in [5.41, 5.74) is 3.10. The van der Waals surface area contributed by atoms with Crippen LogP contribution >= 0.6 is 0 Å². The molecular formula is C26H29NO5S. The lowest BCUT2D eigenvalue weighted by Crippen LogP contribution is -2.25. The van der Waals surface area contributed by atoms with Crippen LogP contribution in [0.4, 0.5) is 0 Å². The SMILES string of the molecule is CN(CCS(=O)(=O)c1ccccc1)Cc1ccc(COc2ccc(CCC(=O)O)cc2)cc1. The number of carboxylic acids is 1. The van der Waals surface area contributed by atoms with Crippen molar-refractivity contribution in [2.45, 2.75) is 30.9 Å². The van der Waals surface area contributed by atoms with E-state index in [0.717, 1.165) is 22.4 Å². The number of aliphatic carboxylic acids is 1. The van der Waals surface area contributed by atoms with Crippen LogP contribution in [-0.2, 0) is 34.2 Å². The molecular weight excluding hydrogens is 438 g/mol. The minimum absolute atomic E-state index is 0.0779. The zero-order chi connectivity index (χ0) is 23.7. The smallest absolute Gasteiger partial charge is 0.303 e. The first-order valence-corrected chi connectivity index (χ1v) is 12.4. The molecule has 3 rings (SSSR count).